The molecule has 1 aromatic heterocycles. The zero-order chi connectivity index (χ0) is 15.1. The molecule has 0 aliphatic carbocycles. The van der Waals surface area contributed by atoms with Gasteiger partial charge in [-0.15, -0.1) is 24.0 Å². The van der Waals surface area contributed by atoms with Crippen LogP contribution in [0.15, 0.2) is 47.6 Å². The molecular weight excluding hydrogens is 415 g/mol. The van der Waals surface area contributed by atoms with Crippen molar-refractivity contribution in [2.45, 2.75) is 6.42 Å². The van der Waals surface area contributed by atoms with Gasteiger partial charge >= 0.3 is 0 Å². The molecule has 3 N–H and O–H groups in total. The average molecular weight is 433 g/mol. The summed E-state index contributed by atoms with van der Waals surface area (Å²) >= 11 is 6.04. The van der Waals surface area contributed by atoms with Gasteiger partial charge in [0, 0.05) is 30.5 Å². The quantitative estimate of drug-likeness (QED) is 0.432. The fraction of sp³-hybridized carbons (Fsp3) is 0.200. The lowest BCUT2D eigenvalue weighted by Gasteiger charge is -2.08. The summed E-state index contributed by atoms with van der Waals surface area (Å²) in [5.74, 6) is 0.958. The Labute approximate surface area is 152 Å². The summed E-state index contributed by atoms with van der Waals surface area (Å²) in [5, 5.41) is 3.51. The van der Waals surface area contributed by atoms with Crippen LogP contribution in [-0.2, 0) is 6.42 Å². The lowest BCUT2D eigenvalue weighted by molar-refractivity contribution is 0.415. The number of ether oxygens (including phenoxy) is 1. The number of aromatic nitrogens is 1. The van der Waals surface area contributed by atoms with E-state index in [4.69, 9.17) is 22.1 Å². The van der Waals surface area contributed by atoms with Crippen LogP contribution in [0, 0.1) is 0 Å². The third-order valence-electron chi connectivity index (χ3n) is 2.80. The number of rotatable bonds is 5. The van der Waals surface area contributed by atoms with Crippen LogP contribution in [0.5, 0.6) is 5.75 Å². The van der Waals surface area contributed by atoms with Gasteiger partial charge in [0.25, 0.3) is 0 Å². The van der Waals surface area contributed by atoms with Gasteiger partial charge in [0.1, 0.15) is 5.75 Å². The van der Waals surface area contributed by atoms with Crippen LogP contribution in [0.1, 0.15) is 5.69 Å². The summed E-state index contributed by atoms with van der Waals surface area (Å²) in [6.07, 6.45) is 2.51. The molecule has 0 radical (unpaired) electrons. The molecule has 0 aliphatic heterocycles. The molecular formula is C15H18ClIN4O. The Morgan fingerprint density at radius 2 is 2.18 bits per heavy atom. The zero-order valence-electron chi connectivity index (χ0n) is 12.1. The topological polar surface area (TPSA) is 72.5 Å². The van der Waals surface area contributed by atoms with E-state index >= 15 is 0 Å². The van der Waals surface area contributed by atoms with E-state index in [1.54, 1.807) is 25.4 Å². The van der Waals surface area contributed by atoms with Crippen molar-refractivity contribution >= 4 is 47.2 Å². The lowest BCUT2D eigenvalue weighted by atomic mass is 10.3. The zero-order valence-corrected chi connectivity index (χ0v) is 15.2. The highest BCUT2D eigenvalue weighted by Crippen LogP contribution is 2.26. The molecule has 7 heteroatoms. The Morgan fingerprint density at radius 3 is 2.82 bits per heavy atom. The van der Waals surface area contributed by atoms with Gasteiger partial charge in [-0.25, -0.2) is 0 Å². The van der Waals surface area contributed by atoms with Gasteiger partial charge in [-0.1, -0.05) is 17.7 Å². The fourth-order valence-corrected chi connectivity index (χ4v) is 2.03. The maximum absolute atomic E-state index is 6.04. The van der Waals surface area contributed by atoms with E-state index in [2.05, 4.69) is 15.3 Å². The second kappa shape index (κ2) is 9.47. The number of nitrogens with two attached hydrogens (primary N) is 1. The highest BCUT2D eigenvalue weighted by molar-refractivity contribution is 14.0. The summed E-state index contributed by atoms with van der Waals surface area (Å²) in [6, 6.07) is 11.1. The van der Waals surface area contributed by atoms with Gasteiger partial charge in [0.05, 0.1) is 12.1 Å². The van der Waals surface area contributed by atoms with Crippen molar-refractivity contribution in [3.63, 3.8) is 0 Å². The maximum atomic E-state index is 6.04. The second-order valence-electron chi connectivity index (χ2n) is 4.31. The van der Waals surface area contributed by atoms with Crippen LogP contribution in [-0.4, -0.2) is 24.6 Å². The van der Waals surface area contributed by atoms with Gasteiger partial charge in [-0.2, -0.15) is 0 Å². The van der Waals surface area contributed by atoms with Crippen molar-refractivity contribution in [2.24, 2.45) is 10.7 Å². The number of nitrogens with zero attached hydrogens (tertiary/aromatic N) is 2. The number of nitrogens with one attached hydrogen (secondary N) is 1. The van der Waals surface area contributed by atoms with Crippen molar-refractivity contribution in [3.05, 3.63) is 53.3 Å². The SMILES string of the molecule is COc1ccc(NC(N)=NCCc2ccccn2)cc1Cl.I. The predicted molar refractivity (Wildman–Crippen MR) is 101 cm³/mol. The molecule has 2 aromatic rings. The van der Waals surface area contributed by atoms with Gasteiger partial charge in [0.15, 0.2) is 5.96 Å². The van der Waals surface area contributed by atoms with E-state index in [1.807, 2.05) is 24.3 Å². The fourth-order valence-electron chi connectivity index (χ4n) is 1.77. The van der Waals surface area contributed by atoms with Crippen LogP contribution in [0.25, 0.3) is 0 Å². The smallest absolute Gasteiger partial charge is 0.193 e. The molecule has 0 saturated carbocycles. The third kappa shape index (κ3) is 5.69. The van der Waals surface area contributed by atoms with Crippen molar-refractivity contribution in [1.82, 2.24) is 4.98 Å². The first-order valence-electron chi connectivity index (χ1n) is 6.49. The Bertz CT molecular complexity index is 622. The molecule has 22 heavy (non-hydrogen) atoms. The molecule has 5 nitrogen and oxygen atoms in total. The van der Waals surface area contributed by atoms with Crippen molar-refractivity contribution in [3.8, 4) is 5.75 Å². The summed E-state index contributed by atoms with van der Waals surface area (Å²) in [4.78, 5) is 8.48. The van der Waals surface area contributed by atoms with Crippen molar-refractivity contribution < 1.29 is 4.74 Å². The van der Waals surface area contributed by atoms with Gasteiger partial charge in [-0.3, -0.25) is 9.98 Å². The van der Waals surface area contributed by atoms with Crippen LogP contribution in [0.2, 0.25) is 5.02 Å². The van der Waals surface area contributed by atoms with Crippen LogP contribution in [0.4, 0.5) is 5.69 Å². The lowest BCUT2D eigenvalue weighted by Crippen LogP contribution is -2.23. The number of guanidine groups is 1. The number of halogens is 2. The van der Waals surface area contributed by atoms with E-state index in [9.17, 15) is 0 Å². The molecule has 0 saturated heterocycles. The molecule has 118 valence electrons. The Hall–Kier alpha value is -1.54. The number of benzene rings is 1. The van der Waals surface area contributed by atoms with Crippen molar-refractivity contribution in [2.75, 3.05) is 19.0 Å². The molecule has 0 spiro atoms. The molecule has 1 heterocycles. The van der Waals surface area contributed by atoms with E-state index in [-0.39, 0.29) is 24.0 Å². The molecule has 2 rings (SSSR count). The predicted octanol–water partition coefficient (Wildman–Crippen LogP) is 3.33. The first kappa shape index (κ1) is 18.5. The number of aliphatic imine (C=N–C) groups is 1. The van der Waals surface area contributed by atoms with E-state index < -0.39 is 0 Å². The van der Waals surface area contributed by atoms with Gasteiger partial charge in [0.2, 0.25) is 0 Å². The highest BCUT2D eigenvalue weighted by atomic mass is 127. The minimum absolute atomic E-state index is 0. The first-order valence-corrected chi connectivity index (χ1v) is 6.87. The van der Waals surface area contributed by atoms with Crippen LogP contribution < -0.4 is 15.8 Å². The number of anilines is 1. The van der Waals surface area contributed by atoms with E-state index in [0.717, 1.165) is 17.8 Å². The molecule has 0 fully saturated rings. The Morgan fingerprint density at radius 1 is 1.36 bits per heavy atom. The molecule has 0 atom stereocenters. The maximum Gasteiger partial charge on any atom is 0.193 e. The Kier molecular flexibility index (Phi) is 7.97. The minimum atomic E-state index is 0. The molecule has 0 bridgehead atoms. The average Bonchev–Trinajstić information content (AvgIpc) is 2.48. The number of hydrogen-bond acceptors (Lipinski definition) is 3. The minimum Gasteiger partial charge on any atom is -0.495 e. The first-order chi connectivity index (χ1) is 10.2. The molecule has 0 aliphatic rings. The van der Waals surface area contributed by atoms with Crippen LogP contribution >= 0.6 is 35.6 Å². The second-order valence-corrected chi connectivity index (χ2v) is 4.72. The number of hydrogen-bond donors (Lipinski definition) is 2. The normalized spacial score (nSPS) is 10.7. The summed E-state index contributed by atoms with van der Waals surface area (Å²) < 4.78 is 5.09. The highest BCUT2D eigenvalue weighted by Gasteiger charge is 2.02. The van der Waals surface area contributed by atoms with E-state index in [0.29, 0.717) is 23.3 Å². The standard InChI is InChI=1S/C15H17ClN4O.HI/c1-21-14-6-5-12(10-13(14)16)20-15(17)19-9-7-11-4-2-3-8-18-11;/h2-6,8,10H,7,9H2,1H3,(H3,17,19,20);1H. The van der Waals surface area contributed by atoms with Crippen LogP contribution in [0.3, 0.4) is 0 Å². The summed E-state index contributed by atoms with van der Waals surface area (Å²) in [6.45, 7) is 0.569. The van der Waals surface area contributed by atoms with Gasteiger partial charge in [-0.05, 0) is 30.3 Å². The largest absolute Gasteiger partial charge is 0.495 e. The van der Waals surface area contributed by atoms with Crippen molar-refractivity contribution in [1.29, 1.82) is 0 Å². The third-order valence-corrected chi connectivity index (χ3v) is 3.10. The van der Waals surface area contributed by atoms with Gasteiger partial charge < -0.3 is 15.8 Å². The molecule has 1 aromatic carbocycles. The number of pyridine rings is 1. The monoisotopic (exact) mass is 432 g/mol. The summed E-state index contributed by atoms with van der Waals surface area (Å²) in [5.41, 5.74) is 7.59. The van der Waals surface area contributed by atoms with E-state index in [1.165, 1.54) is 0 Å². The molecule has 0 amide bonds. The molecule has 0 unspecified atom stereocenters. The Balaban J connectivity index is 0.00000242. The summed E-state index contributed by atoms with van der Waals surface area (Å²) in [7, 11) is 1.57. The number of methoxy groups -OCH3 is 1.